The van der Waals surface area contributed by atoms with Crippen LogP contribution in [0.1, 0.15) is 61.4 Å². The molecular formula is C22H29N5O3. The summed E-state index contributed by atoms with van der Waals surface area (Å²) in [7, 11) is 0. The number of nitrogen functional groups attached to an aromatic ring is 1. The smallest absolute Gasteiger partial charge is 0.405 e. The molecule has 2 aromatic rings. The zero-order chi connectivity index (χ0) is 21.3. The molecule has 0 spiro atoms. The Morgan fingerprint density at radius 2 is 1.77 bits per heavy atom. The fourth-order valence-corrected chi connectivity index (χ4v) is 3.79. The molecule has 4 N–H and O–H groups in total. The summed E-state index contributed by atoms with van der Waals surface area (Å²) in [5, 5.41) is 10.2. The predicted octanol–water partition coefficient (Wildman–Crippen LogP) is 3.32. The lowest BCUT2D eigenvalue weighted by atomic mass is 9.87. The van der Waals surface area contributed by atoms with Crippen LogP contribution in [0.2, 0.25) is 0 Å². The van der Waals surface area contributed by atoms with Gasteiger partial charge in [-0.3, -0.25) is 4.79 Å². The molecule has 1 heterocycles. The molecule has 160 valence electrons. The van der Waals surface area contributed by atoms with Gasteiger partial charge in [0.05, 0.1) is 11.9 Å². The van der Waals surface area contributed by atoms with Gasteiger partial charge >= 0.3 is 6.09 Å². The van der Waals surface area contributed by atoms with Crippen molar-refractivity contribution in [3.05, 3.63) is 35.5 Å². The van der Waals surface area contributed by atoms with E-state index in [1.807, 2.05) is 13.0 Å². The molecule has 1 aromatic carbocycles. The highest BCUT2D eigenvalue weighted by atomic mass is 16.6. The molecule has 8 heteroatoms. The number of aryl methyl sites for hydroxylation is 1. The van der Waals surface area contributed by atoms with Gasteiger partial charge in [-0.15, -0.1) is 0 Å². The maximum absolute atomic E-state index is 12.4. The van der Waals surface area contributed by atoms with Crippen LogP contribution >= 0.6 is 0 Å². The van der Waals surface area contributed by atoms with Crippen molar-refractivity contribution in [2.24, 2.45) is 5.92 Å². The molecule has 0 saturated heterocycles. The highest BCUT2D eigenvalue weighted by molar-refractivity contribution is 5.95. The fourth-order valence-electron chi connectivity index (χ4n) is 3.79. The minimum Gasteiger partial charge on any atom is -0.405 e. The zero-order valence-corrected chi connectivity index (χ0v) is 17.5. The van der Waals surface area contributed by atoms with Crippen molar-refractivity contribution in [1.82, 2.24) is 20.4 Å². The van der Waals surface area contributed by atoms with E-state index in [1.54, 1.807) is 12.1 Å². The molecule has 2 aliphatic rings. The van der Waals surface area contributed by atoms with E-state index in [9.17, 15) is 9.59 Å². The number of nitrogens with zero attached hydrogens (tertiary/aromatic N) is 2. The van der Waals surface area contributed by atoms with Crippen LogP contribution in [0.5, 0.6) is 5.75 Å². The number of amides is 2. The summed E-state index contributed by atoms with van der Waals surface area (Å²) in [5.41, 5.74) is 8.34. The number of benzene rings is 1. The monoisotopic (exact) mass is 411 g/mol. The molecule has 2 aliphatic carbocycles. The number of anilines is 1. The molecule has 2 amide bonds. The molecular weight excluding hydrogens is 382 g/mol. The first-order valence-electron chi connectivity index (χ1n) is 10.6. The van der Waals surface area contributed by atoms with Crippen molar-refractivity contribution in [2.75, 3.05) is 5.73 Å². The Labute approximate surface area is 176 Å². The topological polar surface area (TPSA) is 111 Å². The van der Waals surface area contributed by atoms with Crippen LogP contribution in [0, 0.1) is 12.8 Å². The van der Waals surface area contributed by atoms with E-state index in [4.69, 9.17) is 10.5 Å². The quantitative estimate of drug-likeness (QED) is 0.699. The minimum absolute atomic E-state index is 0.109. The molecule has 1 aromatic heterocycles. The number of nitrogens with two attached hydrogens (primary N) is 1. The average Bonchev–Trinajstić information content (AvgIpc) is 3.47. The van der Waals surface area contributed by atoms with Gasteiger partial charge in [0.1, 0.15) is 0 Å². The summed E-state index contributed by atoms with van der Waals surface area (Å²) in [6.07, 6.45) is 7.09. The third-order valence-corrected chi connectivity index (χ3v) is 5.92. The van der Waals surface area contributed by atoms with E-state index in [1.165, 1.54) is 10.9 Å². The van der Waals surface area contributed by atoms with Gasteiger partial charge in [0.25, 0.3) is 5.91 Å². The third kappa shape index (κ3) is 4.58. The van der Waals surface area contributed by atoms with Gasteiger partial charge in [0.2, 0.25) is 0 Å². The summed E-state index contributed by atoms with van der Waals surface area (Å²) in [4.78, 5) is 24.7. The third-order valence-electron chi connectivity index (χ3n) is 5.92. The Morgan fingerprint density at radius 1 is 1.10 bits per heavy atom. The molecule has 0 atom stereocenters. The summed E-state index contributed by atoms with van der Waals surface area (Å²) < 4.78 is 6.91. The van der Waals surface area contributed by atoms with E-state index >= 15 is 0 Å². The maximum atomic E-state index is 12.4. The standard InChI is InChI=1S/C22H29N5O3/c1-13-3-7-17(8-4-13)26-22(29)30-19-12-24-27(20(19)23)18-11-15(6-5-14(18)2)21(28)25-16-9-10-16/h5-6,11-13,16-17H,3-4,7-10,23H2,1-2H3,(H,25,28)(H,26,29). The van der Waals surface area contributed by atoms with Crippen molar-refractivity contribution in [3.8, 4) is 11.4 Å². The maximum Gasteiger partial charge on any atom is 0.413 e. The first-order chi connectivity index (χ1) is 14.4. The second kappa shape index (κ2) is 8.38. The lowest BCUT2D eigenvalue weighted by Crippen LogP contribution is -2.39. The Hall–Kier alpha value is -3.03. The van der Waals surface area contributed by atoms with Crippen LogP contribution in [-0.2, 0) is 0 Å². The summed E-state index contributed by atoms with van der Waals surface area (Å²) in [6, 6.07) is 5.81. The van der Waals surface area contributed by atoms with E-state index in [0.29, 0.717) is 17.2 Å². The van der Waals surface area contributed by atoms with Gasteiger partial charge in [-0.25, -0.2) is 9.48 Å². The minimum atomic E-state index is -0.518. The number of nitrogens with one attached hydrogen (secondary N) is 2. The lowest BCUT2D eigenvalue weighted by molar-refractivity contribution is 0.0951. The Kier molecular flexibility index (Phi) is 5.65. The highest BCUT2D eigenvalue weighted by Crippen LogP contribution is 2.28. The second-order valence-electron chi connectivity index (χ2n) is 8.55. The lowest BCUT2D eigenvalue weighted by Gasteiger charge is -2.26. The SMILES string of the molecule is Cc1ccc(C(=O)NC2CC2)cc1-n1ncc(OC(=O)NC2CCC(C)CC2)c1N. The van der Waals surface area contributed by atoms with Crippen LogP contribution in [0.25, 0.3) is 5.69 Å². The molecule has 30 heavy (non-hydrogen) atoms. The molecule has 0 bridgehead atoms. The number of carbonyl (C=O) groups excluding carboxylic acids is 2. The van der Waals surface area contributed by atoms with Gasteiger partial charge in [-0.05, 0) is 69.1 Å². The number of rotatable bonds is 5. The number of carbonyl (C=O) groups is 2. The van der Waals surface area contributed by atoms with Crippen molar-refractivity contribution in [1.29, 1.82) is 0 Å². The van der Waals surface area contributed by atoms with Crippen molar-refractivity contribution in [2.45, 2.75) is 64.5 Å². The van der Waals surface area contributed by atoms with E-state index in [-0.39, 0.29) is 29.6 Å². The van der Waals surface area contributed by atoms with E-state index in [0.717, 1.165) is 44.1 Å². The number of hydrogen-bond acceptors (Lipinski definition) is 5. The average molecular weight is 412 g/mol. The Balaban J connectivity index is 1.46. The van der Waals surface area contributed by atoms with Gasteiger partial charge in [0, 0.05) is 17.6 Å². The molecule has 0 aliphatic heterocycles. The van der Waals surface area contributed by atoms with Gasteiger partial charge < -0.3 is 21.1 Å². The largest absolute Gasteiger partial charge is 0.413 e. The van der Waals surface area contributed by atoms with Crippen molar-refractivity contribution in [3.63, 3.8) is 0 Å². The molecule has 2 saturated carbocycles. The van der Waals surface area contributed by atoms with Crippen LogP contribution in [0.4, 0.5) is 10.6 Å². The molecule has 8 nitrogen and oxygen atoms in total. The molecule has 4 rings (SSSR count). The van der Waals surface area contributed by atoms with Gasteiger partial charge in [0.15, 0.2) is 11.6 Å². The molecule has 0 unspecified atom stereocenters. The van der Waals surface area contributed by atoms with Crippen LogP contribution in [0.15, 0.2) is 24.4 Å². The van der Waals surface area contributed by atoms with E-state index in [2.05, 4.69) is 22.7 Å². The zero-order valence-electron chi connectivity index (χ0n) is 17.5. The summed E-state index contributed by atoms with van der Waals surface area (Å²) >= 11 is 0. The number of aromatic nitrogens is 2. The van der Waals surface area contributed by atoms with Crippen molar-refractivity contribution >= 4 is 17.8 Å². The van der Waals surface area contributed by atoms with E-state index < -0.39 is 6.09 Å². The summed E-state index contributed by atoms with van der Waals surface area (Å²) in [6.45, 7) is 4.15. The molecule has 0 radical (unpaired) electrons. The fraction of sp³-hybridized carbons (Fsp3) is 0.500. The molecule has 2 fully saturated rings. The van der Waals surface area contributed by atoms with Gasteiger partial charge in [-0.1, -0.05) is 13.0 Å². The Morgan fingerprint density at radius 3 is 2.47 bits per heavy atom. The first-order valence-corrected chi connectivity index (χ1v) is 10.6. The first kappa shape index (κ1) is 20.3. The Bertz CT molecular complexity index is 942. The second-order valence-corrected chi connectivity index (χ2v) is 8.55. The highest BCUT2D eigenvalue weighted by Gasteiger charge is 2.25. The van der Waals surface area contributed by atoms with Crippen LogP contribution in [0.3, 0.4) is 0 Å². The predicted molar refractivity (Wildman–Crippen MR) is 114 cm³/mol. The number of ether oxygens (including phenoxy) is 1. The number of hydrogen-bond donors (Lipinski definition) is 3. The van der Waals surface area contributed by atoms with Gasteiger partial charge in [-0.2, -0.15) is 5.10 Å². The van der Waals surface area contributed by atoms with Crippen molar-refractivity contribution < 1.29 is 14.3 Å². The normalized spacial score (nSPS) is 21.1. The summed E-state index contributed by atoms with van der Waals surface area (Å²) in [5.74, 6) is 1.01. The van der Waals surface area contributed by atoms with Crippen LogP contribution in [-0.4, -0.2) is 33.9 Å². The van der Waals surface area contributed by atoms with Crippen LogP contribution < -0.4 is 21.1 Å².